The Bertz CT molecular complexity index is 336. The summed E-state index contributed by atoms with van der Waals surface area (Å²) in [4.78, 5) is 0. The van der Waals surface area contributed by atoms with E-state index in [2.05, 4.69) is 6.92 Å². The van der Waals surface area contributed by atoms with Crippen molar-refractivity contribution in [1.82, 2.24) is 0 Å². The van der Waals surface area contributed by atoms with Crippen LogP contribution in [0, 0.1) is 0 Å². The lowest BCUT2D eigenvalue weighted by Gasteiger charge is -2.23. The first-order chi connectivity index (χ1) is 6.68. The number of ether oxygens (including phenoxy) is 2. The lowest BCUT2D eigenvalue weighted by atomic mass is 9.94. The van der Waals surface area contributed by atoms with Crippen LogP contribution < -0.4 is 15.2 Å². The Morgan fingerprint density at radius 2 is 2.07 bits per heavy atom. The van der Waals surface area contributed by atoms with Crippen molar-refractivity contribution < 1.29 is 9.47 Å². The fourth-order valence-electron chi connectivity index (χ4n) is 1.55. The summed E-state index contributed by atoms with van der Waals surface area (Å²) in [6, 6.07) is 6.03. The van der Waals surface area contributed by atoms with Crippen LogP contribution in [0.15, 0.2) is 18.2 Å². The molecular weight excluding hydrogens is 178 g/mol. The van der Waals surface area contributed by atoms with Gasteiger partial charge in [0.1, 0.15) is 11.5 Å². The van der Waals surface area contributed by atoms with Crippen LogP contribution >= 0.6 is 0 Å². The number of hydrogen-bond donors (Lipinski definition) is 1. The first-order valence-electron chi connectivity index (χ1n) is 4.83. The van der Waals surface area contributed by atoms with Gasteiger partial charge in [-0.25, -0.2) is 0 Å². The van der Waals surface area contributed by atoms with E-state index in [0.717, 1.165) is 17.1 Å². The van der Waals surface area contributed by atoms with Crippen molar-refractivity contribution in [2.75, 3.05) is 6.79 Å². The van der Waals surface area contributed by atoms with Crippen molar-refractivity contribution in [3.8, 4) is 11.5 Å². The number of hydrogen-bond acceptors (Lipinski definition) is 3. The van der Waals surface area contributed by atoms with Gasteiger partial charge in [-0.3, -0.25) is 0 Å². The largest absolute Gasteiger partial charge is 0.457 e. The number of rotatable bonds is 2. The Hall–Kier alpha value is -1.22. The fourth-order valence-corrected chi connectivity index (χ4v) is 1.55. The van der Waals surface area contributed by atoms with Gasteiger partial charge in [0.2, 0.25) is 6.79 Å². The molecule has 1 aliphatic rings. The summed E-state index contributed by atoms with van der Waals surface area (Å²) < 4.78 is 10.6. The second-order valence-corrected chi connectivity index (χ2v) is 3.75. The van der Waals surface area contributed by atoms with E-state index < -0.39 is 0 Å². The molecule has 0 spiro atoms. The van der Waals surface area contributed by atoms with Gasteiger partial charge in [0.15, 0.2) is 0 Å². The summed E-state index contributed by atoms with van der Waals surface area (Å²) >= 11 is 0. The monoisotopic (exact) mass is 193 g/mol. The Labute approximate surface area is 83.8 Å². The van der Waals surface area contributed by atoms with Gasteiger partial charge >= 0.3 is 0 Å². The highest BCUT2D eigenvalue weighted by Gasteiger charge is 2.18. The van der Waals surface area contributed by atoms with Crippen LogP contribution in [-0.2, 0) is 0 Å². The molecule has 2 rings (SSSR count). The molecule has 2 bridgehead atoms. The van der Waals surface area contributed by atoms with Gasteiger partial charge in [0.05, 0.1) is 0 Å². The zero-order chi connectivity index (χ0) is 10.1. The van der Waals surface area contributed by atoms with E-state index >= 15 is 0 Å². The molecule has 14 heavy (non-hydrogen) atoms. The van der Waals surface area contributed by atoms with Gasteiger partial charge in [0, 0.05) is 12.1 Å². The predicted molar refractivity (Wildman–Crippen MR) is 54.6 cm³/mol. The summed E-state index contributed by atoms with van der Waals surface area (Å²) in [6.07, 6.45) is 0. The molecule has 76 valence electrons. The quantitative estimate of drug-likeness (QED) is 0.779. The Morgan fingerprint density at radius 1 is 1.29 bits per heavy atom. The number of fused-ring (bicyclic) bond motifs is 2. The predicted octanol–water partition coefficient (Wildman–Crippen LogP) is 1.87. The molecule has 0 fully saturated rings. The van der Waals surface area contributed by atoms with Crippen molar-refractivity contribution in [3.05, 3.63) is 23.8 Å². The van der Waals surface area contributed by atoms with Gasteiger partial charge in [-0.2, -0.15) is 0 Å². The second kappa shape index (κ2) is 3.50. The van der Waals surface area contributed by atoms with Crippen molar-refractivity contribution >= 4 is 0 Å². The van der Waals surface area contributed by atoms with Crippen molar-refractivity contribution in [2.45, 2.75) is 25.8 Å². The summed E-state index contributed by atoms with van der Waals surface area (Å²) in [7, 11) is 0. The molecular formula is C11H15NO2. The maximum Gasteiger partial charge on any atom is 0.230 e. The molecule has 1 heterocycles. The first-order valence-corrected chi connectivity index (χ1v) is 4.83. The molecule has 1 aromatic rings. The minimum Gasteiger partial charge on any atom is -0.457 e. The van der Waals surface area contributed by atoms with E-state index in [1.807, 2.05) is 25.1 Å². The van der Waals surface area contributed by atoms with Gasteiger partial charge in [0.25, 0.3) is 0 Å². The van der Waals surface area contributed by atoms with Gasteiger partial charge in [-0.05, 0) is 24.5 Å². The van der Waals surface area contributed by atoms with Crippen molar-refractivity contribution in [1.29, 1.82) is 0 Å². The average Bonchev–Trinajstić information content (AvgIpc) is 2.17. The van der Waals surface area contributed by atoms with Crippen molar-refractivity contribution in [3.63, 3.8) is 0 Å². The Kier molecular flexibility index (Phi) is 2.33. The molecule has 3 heteroatoms. The van der Waals surface area contributed by atoms with Gasteiger partial charge in [-0.1, -0.05) is 13.0 Å². The van der Waals surface area contributed by atoms with E-state index in [-0.39, 0.29) is 6.04 Å². The first kappa shape index (κ1) is 9.34. The second-order valence-electron chi connectivity index (χ2n) is 3.75. The molecule has 2 unspecified atom stereocenters. The SMILES string of the molecule is CC(N)C(C)c1ccc2cc1OCO2. The summed E-state index contributed by atoms with van der Waals surface area (Å²) in [6.45, 7) is 4.42. The smallest absolute Gasteiger partial charge is 0.230 e. The number of benzene rings is 1. The molecule has 0 aliphatic carbocycles. The molecule has 3 nitrogen and oxygen atoms in total. The normalized spacial score (nSPS) is 17.9. The third kappa shape index (κ3) is 1.55. The molecule has 0 saturated heterocycles. The van der Waals surface area contributed by atoms with Crippen molar-refractivity contribution in [2.24, 2.45) is 5.73 Å². The Balaban J connectivity index is 2.35. The van der Waals surface area contributed by atoms with E-state index in [1.165, 1.54) is 0 Å². The van der Waals surface area contributed by atoms with Gasteiger partial charge < -0.3 is 15.2 Å². The standard InChI is InChI=1S/C11H15NO2/c1-7(8(2)12)10-4-3-9-5-11(10)14-6-13-9/h3-5,7-8H,6,12H2,1-2H3. The molecule has 1 aliphatic heterocycles. The summed E-state index contributed by atoms with van der Waals surface area (Å²) in [5, 5.41) is 0. The zero-order valence-electron chi connectivity index (χ0n) is 8.49. The van der Waals surface area contributed by atoms with E-state index in [1.54, 1.807) is 0 Å². The molecule has 0 aromatic heterocycles. The minimum atomic E-state index is 0.128. The highest BCUT2D eigenvalue weighted by Crippen LogP contribution is 2.34. The highest BCUT2D eigenvalue weighted by atomic mass is 16.7. The summed E-state index contributed by atoms with van der Waals surface area (Å²) in [5.41, 5.74) is 7.02. The highest BCUT2D eigenvalue weighted by molar-refractivity contribution is 5.44. The van der Waals surface area contributed by atoms with E-state index in [0.29, 0.717) is 12.7 Å². The lowest BCUT2D eigenvalue weighted by Crippen LogP contribution is -2.24. The molecule has 1 aromatic carbocycles. The molecule has 2 N–H and O–H groups in total. The van der Waals surface area contributed by atoms with Crippen LogP contribution in [0.1, 0.15) is 25.3 Å². The average molecular weight is 193 g/mol. The van der Waals surface area contributed by atoms with E-state index in [4.69, 9.17) is 15.2 Å². The van der Waals surface area contributed by atoms with E-state index in [9.17, 15) is 0 Å². The molecule has 0 saturated carbocycles. The zero-order valence-corrected chi connectivity index (χ0v) is 8.49. The third-order valence-corrected chi connectivity index (χ3v) is 2.70. The Morgan fingerprint density at radius 3 is 2.79 bits per heavy atom. The number of nitrogens with two attached hydrogens (primary N) is 1. The lowest BCUT2D eigenvalue weighted by molar-refractivity contribution is 0.104. The fraction of sp³-hybridized carbons (Fsp3) is 0.455. The van der Waals surface area contributed by atoms with Crippen LogP contribution in [0.3, 0.4) is 0 Å². The maximum atomic E-state index is 5.86. The van der Waals surface area contributed by atoms with Crippen LogP contribution in [-0.4, -0.2) is 12.8 Å². The molecule has 2 atom stereocenters. The van der Waals surface area contributed by atoms with Crippen LogP contribution in [0.2, 0.25) is 0 Å². The topological polar surface area (TPSA) is 44.5 Å². The minimum absolute atomic E-state index is 0.128. The van der Waals surface area contributed by atoms with Crippen LogP contribution in [0.25, 0.3) is 0 Å². The van der Waals surface area contributed by atoms with Crippen LogP contribution in [0.5, 0.6) is 11.5 Å². The molecule has 0 radical (unpaired) electrons. The molecule has 0 amide bonds. The summed E-state index contributed by atoms with van der Waals surface area (Å²) in [5.74, 6) is 2.07. The maximum absolute atomic E-state index is 5.86. The van der Waals surface area contributed by atoms with Crippen LogP contribution in [0.4, 0.5) is 0 Å². The third-order valence-electron chi connectivity index (χ3n) is 2.70. The van der Waals surface area contributed by atoms with Gasteiger partial charge in [-0.15, -0.1) is 0 Å².